The van der Waals surface area contributed by atoms with Gasteiger partial charge in [0.2, 0.25) is 10.0 Å². The summed E-state index contributed by atoms with van der Waals surface area (Å²) in [7, 11) is -3.12. The number of hydrogen-bond donors (Lipinski definition) is 3. The molecule has 1 heterocycles. The Kier molecular flexibility index (Phi) is 10.3. The average molecular weight is 427 g/mol. The van der Waals surface area contributed by atoms with E-state index in [1.165, 1.54) is 0 Å². The van der Waals surface area contributed by atoms with Gasteiger partial charge >= 0.3 is 0 Å². The third kappa shape index (κ3) is 11.4. The van der Waals surface area contributed by atoms with Crippen LogP contribution in [-0.4, -0.2) is 45.3 Å². The van der Waals surface area contributed by atoms with Gasteiger partial charge in [0, 0.05) is 37.9 Å². The summed E-state index contributed by atoms with van der Waals surface area (Å²) in [6.45, 7) is 1.50. The molecule has 0 saturated heterocycles. The Bertz CT molecular complexity index is 522. The first-order chi connectivity index (χ1) is 9.47. The Balaban J connectivity index is 0.00000400. The molecule has 1 aromatic heterocycles. The highest BCUT2D eigenvalue weighted by Gasteiger charge is 1.98. The Morgan fingerprint density at radius 3 is 2.76 bits per heavy atom. The fraction of sp³-hybridized carbons (Fsp3) is 0.500. The van der Waals surface area contributed by atoms with Gasteiger partial charge < -0.3 is 11.1 Å². The Hall–Kier alpha value is -0.940. The van der Waals surface area contributed by atoms with Crippen LogP contribution in [0.5, 0.6) is 0 Å². The molecule has 1 aromatic rings. The molecule has 4 N–H and O–H groups in total. The van der Waals surface area contributed by atoms with Crippen LogP contribution in [0.1, 0.15) is 12.1 Å². The molecule has 0 fully saturated rings. The van der Waals surface area contributed by atoms with Gasteiger partial charge in [0.05, 0.1) is 6.26 Å². The first-order valence-electron chi connectivity index (χ1n) is 6.36. The van der Waals surface area contributed by atoms with Crippen LogP contribution in [0.4, 0.5) is 0 Å². The van der Waals surface area contributed by atoms with Crippen LogP contribution in [0.15, 0.2) is 29.4 Å². The molecule has 1 rings (SSSR count). The highest BCUT2D eigenvalue weighted by molar-refractivity contribution is 14.0. The van der Waals surface area contributed by atoms with Crippen molar-refractivity contribution in [2.45, 2.75) is 12.8 Å². The SMILES string of the molecule is CS(=O)(=O)NCCCN=C(N)NCCc1ccccn1.I. The number of halogens is 1. The maximum atomic E-state index is 10.8. The number of nitrogens with zero attached hydrogens (tertiary/aromatic N) is 2. The van der Waals surface area contributed by atoms with Crippen LogP contribution < -0.4 is 15.8 Å². The van der Waals surface area contributed by atoms with Gasteiger partial charge in [-0.2, -0.15) is 0 Å². The van der Waals surface area contributed by atoms with E-state index in [2.05, 4.69) is 20.0 Å². The van der Waals surface area contributed by atoms with Gasteiger partial charge in [-0.15, -0.1) is 24.0 Å². The number of pyridine rings is 1. The second-order valence-corrected chi connectivity index (χ2v) is 6.12. The van der Waals surface area contributed by atoms with Crippen LogP contribution >= 0.6 is 24.0 Å². The topological polar surface area (TPSA) is 109 Å². The summed E-state index contributed by atoms with van der Waals surface area (Å²) in [5.74, 6) is 0.361. The fourth-order valence-corrected chi connectivity index (χ4v) is 1.97. The molecule has 0 saturated carbocycles. The summed E-state index contributed by atoms with van der Waals surface area (Å²) >= 11 is 0. The fourth-order valence-electron chi connectivity index (χ4n) is 1.46. The lowest BCUT2D eigenvalue weighted by Crippen LogP contribution is -2.33. The molecule has 0 atom stereocenters. The quantitative estimate of drug-likeness (QED) is 0.236. The predicted molar refractivity (Wildman–Crippen MR) is 95.3 cm³/mol. The Morgan fingerprint density at radius 2 is 2.14 bits per heavy atom. The minimum atomic E-state index is -3.12. The van der Waals surface area contributed by atoms with E-state index in [-0.39, 0.29) is 24.0 Å². The summed E-state index contributed by atoms with van der Waals surface area (Å²) < 4.78 is 24.0. The highest BCUT2D eigenvalue weighted by atomic mass is 127. The third-order valence-corrected chi connectivity index (χ3v) is 3.12. The van der Waals surface area contributed by atoms with Gasteiger partial charge in [0.25, 0.3) is 0 Å². The molecule has 21 heavy (non-hydrogen) atoms. The van der Waals surface area contributed by atoms with Crippen LogP contribution in [0, 0.1) is 0 Å². The summed E-state index contributed by atoms with van der Waals surface area (Å²) in [5.41, 5.74) is 6.68. The Morgan fingerprint density at radius 1 is 1.38 bits per heavy atom. The number of hydrogen-bond acceptors (Lipinski definition) is 4. The standard InChI is InChI=1S/C12H21N5O2S.HI/c1-20(18,19)17-9-4-8-15-12(13)16-10-6-11-5-2-3-7-14-11;/h2-3,5,7,17H,4,6,8-10H2,1H3,(H3,13,15,16);1H. The van der Waals surface area contributed by atoms with E-state index in [4.69, 9.17) is 5.73 Å². The van der Waals surface area contributed by atoms with E-state index in [0.717, 1.165) is 18.4 Å². The second kappa shape index (κ2) is 10.7. The number of aromatic nitrogens is 1. The normalized spacial score (nSPS) is 11.8. The first-order valence-corrected chi connectivity index (χ1v) is 8.25. The summed E-state index contributed by atoms with van der Waals surface area (Å²) in [4.78, 5) is 8.30. The minimum absolute atomic E-state index is 0. The summed E-state index contributed by atoms with van der Waals surface area (Å²) in [5, 5.41) is 2.99. The van der Waals surface area contributed by atoms with Gasteiger partial charge in [0.15, 0.2) is 5.96 Å². The van der Waals surface area contributed by atoms with Crippen molar-refractivity contribution in [3.05, 3.63) is 30.1 Å². The monoisotopic (exact) mass is 427 g/mol. The van der Waals surface area contributed by atoms with Gasteiger partial charge in [-0.05, 0) is 18.6 Å². The van der Waals surface area contributed by atoms with Crippen molar-refractivity contribution < 1.29 is 8.42 Å². The van der Waals surface area contributed by atoms with Crippen molar-refractivity contribution >= 4 is 40.0 Å². The van der Waals surface area contributed by atoms with Crippen LogP contribution in [-0.2, 0) is 16.4 Å². The average Bonchev–Trinajstić information content (AvgIpc) is 2.38. The molecule has 0 aliphatic carbocycles. The van der Waals surface area contributed by atoms with Crippen LogP contribution in [0.3, 0.4) is 0 Å². The largest absolute Gasteiger partial charge is 0.370 e. The zero-order valence-corrected chi connectivity index (χ0v) is 15.1. The molecule has 9 heteroatoms. The van der Waals surface area contributed by atoms with E-state index in [1.54, 1.807) is 6.20 Å². The highest BCUT2D eigenvalue weighted by Crippen LogP contribution is 1.92. The van der Waals surface area contributed by atoms with Crippen molar-refractivity contribution in [3.63, 3.8) is 0 Å². The molecule has 0 amide bonds. The predicted octanol–water partition coefficient (Wildman–Crippen LogP) is 0.0857. The summed E-state index contributed by atoms with van der Waals surface area (Å²) in [6.07, 6.45) is 4.26. The molecule has 0 aliphatic heterocycles. The van der Waals surface area contributed by atoms with Crippen molar-refractivity contribution in [3.8, 4) is 0 Å². The maximum absolute atomic E-state index is 10.8. The molecule has 0 aromatic carbocycles. The third-order valence-electron chi connectivity index (χ3n) is 2.39. The number of rotatable bonds is 8. The van der Waals surface area contributed by atoms with Gasteiger partial charge in [-0.3, -0.25) is 9.98 Å². The summed E-state index contributed by atoms with van der Waals surface area (Å²) in [6, 6.07) is 5.76. The molecule has 0 bridgehead atoms. The van der Waals surface area contributed by atoms with Crippen molar-refractivity contribution in [1.82, 2.24) is 15.0 Å². The second-order valence-electron chi connectivity index (χ2n) is 4.28. The van der Waals surface area contributed by atoms with E-state index in [0.29, 0.717) is 32.0 Å². The molecule has 0 spiro atoms. The van der Waals surface area contributed by atoms with Gasteiger partial charge in [-0.1, -0.05) is 6.07 Å². The van der Waals surface area contributed by atoms with E-state index >= 15 is 0 Å². The number of sulfonamides is 1. The molecule has 0 unspecified atom stereocenters. The maximum Gasteiger partial charge on any atom is 0.208 e. The minimum Gasteiger partial charge on any atom is -0.370 e. The molecular formula is C12H22IN5O2S. The lowest BCUT2D eigenvalue weighted by Gasteiger charge is -2.05. The van der Waals surface area contributed by atoms with Crippen molar-refractivity contribution in [2.24, 2.45) is 10.7 Å². The first kappa shape index (κ1) is 20.1. The van der Waals surface area contributed by atoms with Crippen molar-refractivity contribution in [1.29, 1.82) is 0 Å². The van der Waals surface area contributed by atoms with E-state index in [1.807, 2.05) is 18.2 Å². The molecule has 0 radical (unpaired) electrons. The number of nitrogens with one attached hydrogen (secondary N) is 2. The lowest BCUT2D eigenvalue weighted by molar-refractivity contribution is 0.586. The van der Waals surface area contributed by atoms with Crippen molar-refractivity contribution in [2.75, 3.05) is 25.9 Å². The number of aliphatic imine (C=N–C) groups is 1. The zero-order chi connectivity index (χ0) is 14.8. The van der Waals surface area contributed by atoms with Crippen LogP contribution in [0.25, 0.3) is 0 Å². The van der Waals surface area contributed by atoms with E-state index in [9.17, 15) is 8.42 Å². The zero-order valence-electron chi connectivity index (χ0n) is 11.9. The molecular weight excluding hydrogens is 405 g/mol. The molecule has 7 nitrogen and oxygen atoms in total. The lowest BCUT2D eigenvalue weighted by atomic mass is 10.3. The van der Waals surface area contributed by atoms with Crippen LogP contribution in [0.2, 0.25) is 0 Å². The van der Waals surface area contributed by atoms with Gasteiger partial charge in [-0.25, -0.2) is 13.1 Å². The number of guanidine groups is 1. The van der Waals surface area contributed by atoms with E-state index < -0.39 is 10.0 Å². The van der Waals surface area contributed by atoms with Gasteiger partial charge in [0.1, 0.15) is 0 Å². The molecule has 120 valence electrons. The molecule has 0 aliphatic rings. The smallest absolute Gasteiger partial charge is 0.208 e. The number of nitrogens with two attached hydrogens (primary N) is 1. The Labute approximate surface area is 142 Å².